The molecule has 1 fully saturated rings. The van der Waals surface area contributed by atoms with E-state index in [1.54, 1.807) is 30.4 Å². The largest absolute Gasteiger partial charge is 0.489 e. The van der Waals surface area contributed by atoms with Crippen LogP contribution in [-0.2, 0) is 4.79 Å². The monoisotopic (exact) mass is 434 g/mol. The van der Waals surface area contributed by atoms with Crippen molar-refractivity contribution in [3.05, 3.63) is 75.9 Å². The summed E-state index contributed by atoms with van der Waals surface area (Å²) in [6.07, 6.45) is 3.41. The minimum atomic E-state index is -0.449. The molecule has 1 saturated heterocycles. The molecule has 0 aliphatic carbocycles. The van der Waals surface area contributed by atoms with Gasteiger partial charge in [-0.1, -0.05) is 52.5 Å². The van der Waals surface area contributed by atoms with E-state index in [4.69, 9.17) is 4.74 Å². The minimum Gasteiger partial charge on any atom is -0.489 e. The molecule has 0 saturated carbocycles. The summed E-state index contributed by atoms with van der Waals surface area (Å²) in [4.78, 5) is 12.8. The number of benzene rings is 2. The summed E-state index contributed by atoms with van der Waals surface area (Å²) in [6, 6.07) is 11.9. The number of ether oxygens (including phenoxy) is 1. The molecule has 2 aromatic rings. The first kappa shape index (κ1) is 18.5. The standard InChI is InChI=1S/C19H16BrFN2O2S/c1-2-9-25-16-8-7-13(20)10-12(16)11-17-18(24)23-19(26-17)22-15-6-4-3-5-14(15)21/h2-8,10-11,19,22H,1,9H2,(H,23,24)/b17-11-. The molecule has 0 aromatic heterocycles. The summed E-state index contributed by atoms with van der Waals surface area (Å²) in [7, 11) is 0. The average molecular weight is 435 g/mol. The van der Waals surface area contributed by atoms with Crippen LogP contribution < -0.4 is 15.4 Å². The van der Waals surface area contributed by atoms with Gasteiger partial charge in [0.15, 0.2) is 5.50 Å². The summed E-state index contributed by atoms with van der Waals surface area (Å²) in [5, 5.41) is 5.76. The number of hydrogen-bond acceptors (Lipinski definition) is 4. The number of para-hydroxylation sites is 1. The van der Waals surface area contributed by atoms with Gasteiger partial charge in [-0.15, -0.1) is 0 Å². The van der Waals surface area contributed by atoms with Crippen LogP contribution in [0.4, 0.5) is 10.1 Å². The number of nitrogens with one attached hydrogen (secondary N) is 2. The van der Waals surface area contributed by atoms with Crippen LogP contribution in [0.5, 0.6) is 5.75 Å². The second kappa shape index (κ2) is 8.42. The van der Waals surface area contributed by atoms with E-state index in [0.29, 0.717) is 22.9 Å². The van der Waals surface area contributed by atoms with Crippen LogP contribution >= 0.6 is 27.7 Å². The molecule has 0 radical (unpaired) electrons. The lowest BCUT2D eigenvalue weighted by Gasteiger charge is -2.13. The smallest absolute Gasteiger partial charge is 0.260 e. The Morgan fingerprint density at radius 1 is 1.35 bits per heavy atom. The highest BCUT2D eigenvalue weighted by Gasteiger charge is 2.28. The van der Waals surface area contributed by atoms with Crippen molar-refractivity contribution < 1.29 is 13.9 Å². The SMILES string of the molecule is C=CCOc1ccc(Br)cc1/C=C1\SC(Nc2ccccc2F)NC1=O. The zero-order valence-electron chi connectivity index (χ0n) is 13.7. The maximum atomic E-state index is 13.8. The van der Waals surface area contributed by atoms with Crippen molar-refractivity contribution in [2.75, 3.05) is 11.9 Å². The molecule has 7 heteroatoms. The van der Waals surface area contributed by atoms with E-state index in [1.165, 1.54) is 17.8 Å². The molecule has 134 valence electrons. The van der Waals surface area contributed by atoms with Crippen molar-refractivity contribution >= 4 is 45.4 Å². The van der Waals surface area contributed by atoms with Gasteiger partial charge < -0.3 is 15.4 Å². The van der Waals surface area contributed by atoms with Gasteiger partial charge >= 0.3 is 0 Å². The van der Waals surface area contributed by atoms with Gasteiger partial charge in [0.05, 0.1) is 10.6 Å². The molecule has 1 amide bonds. The summed E-state index contributed by atoms with van der Waals surface area (Å²) in [6.45, 7) is 4.01. The fourth-order valence-electron chi connectivity index (χ4n) is 2.34. The first-order valence-electron chi connectivity index (χ1n) is 7.80. The van der Waals surface area contributed by atoms with Gasteiger partial charge in [-0.2, -0.15) is 0 Å². The third kappa shape index (κ3) is 4.47. The lowest BCUT2D eigenvalue weighted by molar-refractivity contribution is -0.116. The van der Waals surface area contributed by atoms with Gasteiger partial charge in [-0.3, -0.25) is 4.79 Å². The first-order chi connectivity index (χ1) is 12.6. The molecule has 1 atom stereocenters. The average Bonchev–Trinajstić information content (AvgIpc) is 2.95. The summed E-state index contributed by atoms with van der Waals surface area (Å²) in [5.41, 5.74) is 0.657. The highest BCUT2D eigenvalue weighted by Crippen LogP contribution is 2.33. The highest BCUT2D eigenvalue weighted by molar-refractivity contribution is 9.10. The molecule has 3 rings (SSSR count). The molecule has 4 nitrogen and oxygen atoms in total. The Labute approximate surface area is 163 Å². The molecule has 0 spiro atoms. The Bertz CT molecular complexity index is 872. The van der Waals surface area contributed by atoms with Gasteiger partial charge in [0.1, 0.15) is 18.2 Å². The van der Waals surface area contributed by atoms with Gasteiger partial charge in [0.25, 0.3) is 5.91 Å². The number of carbonyl (C=O) groups excluding carboxylic acids is 1. The molecule has 1 unspecified atom stereocenters. The zero-order chi connectivity index (χ0) is 18.5. The van der Waals surface area contributed by atoms with E-state index in [2.05, 4.69) is 33.1 Å². The van der Waals surface area contributed by atoms with Crippen LogP contribution in [-0.4, -0.2) is 18.0 Å². The predicted octanol–water partition coefficient (Wildman–Crippen LogP) is 4.75. The van der Waals surface area contributed by atoms with Crippen molar-refractivity contribution in [2.24, 2.45) is 0 Å². The van der Waals surface area contributed by atoms with Crippen molar-refractivity contribution in [1.82, 2.24) is 5.32 Å². The summed E-state index contributed by atoms with van der Waals surface area (Å²) in [5.74, 6) is 0.0601. The van der Waals surface area contributed by atoms with Crippen molar-refractivity contribution in [2.45, 2.75) is 5.50 Å². The Morgan fingerprint density at radius 3 is 2.92 bits per heavy atom. The molecule has 2 aromatic carbocycles. The van der Waals surface area contributed by atoms with Crippen LogP contribution in [0.15, 0.2) is 64.5 Å². The molecule has 1 heterocycles. The maximum Gasteiger partial charge on any atom is 0.260 e. The summed E-state index contributed by atoms with van der Waals surface area (Å²) >= 11 is 4.71. The topological polar surface area (TPSA) is 50.4 Å². The molecule has 1 aliphatic heterocycles. The number of hydrogen-bond donors (Lipinski definition) is 2. The maximum absolute atomic E-state index is 13.8. The van der Waals surface area contributed by atoms with E-state index >= 15 is 0 Å². The van der Waals surface area contributed by atoms with E-state index in [9.17, 15) is 9.18 Å². The van der Waals surface area contributed by atoms with Crippen LogP contribution in [0.1, 0.15) is 5.56 Å². The van der Waals surface area contributed by atoms with Crippen LogP contribution in [0.25, 0.3) is 6.08 Å². The van der Waals surface area contributed by atoms with Crippen LogP contribution in [0, 0.1) is 5.82 Å². The van der Waals surface area contributed by atoms with E-state index < -0.39 is 5.50 Å². The third-order valence-corrected chi connectivity index (χ3v) is 5.03. The number of carbonyl (C=O) groups is 1. The Kier molecular flexibility index (Phi) is 6.00. The first-order valence-corrected chi connectivity index (χ1v) is 9.47. The minimum absolute atomic E-state index is 0.224. The second-order valence-corrected chi connectivity index (χ2v) is 7.45. The molecule has 1 aliphatic rings. The number of halogens is 2. The van der Waals surface area contributed by atoms with Crippen molar-refractivity contribution in [1.29, 1.82) is 0 Å². The third-order valence-electron chi connectivity index (χ3n) is 3.51. The lowest BCUT2D eigenvalue weighted by Crippen LogP contribution is -2.31. The van der Waals surface area contributed by atoms with Crippen molar-refractivity contribution in [3.8, 4) is 5.75 Å². The van der Waals surface area contributed by atoms with E-state index in [1.807, 2.05) is 18.2 Å². The Hall–Kier alpha value is -2.25. The summed E-state index contributed by atoms with van der Waals surface area (Å²) < 4.78 is 20.3. The predicted molar refractivity (Wildman–Crippen MR) is 107 cm³/mol. The molecular weight excluding hydrogens is 419 g/mol. The Balaban J connectivity index is 1.79. The normalized spacial score (nSPS) is 17.8. The van der Waals surface area contributed by atoms with Gasteiger partial charge in [-0.25, -0.2) is 4.39 Å². The van der Waals surface area contributed by atoms with E-state index in [0.717, 1.165) is 10.0 Å². The quantitative estimate of drug-likeness (QED) is 0.508. The van der Waals surface area contributed by atoms with Gasteiger partial charge in [0.2, 0.25) is 0 Å². The number of thioether (sulfide) groups is 1. The number of rotatable bonds is 6. The molecule has 26 heavy (non-hydrogen) atoms. The lowest BCUT2D eigenvalue weighted by atomic mass is 10.2. The molecule has 2 N–H and O–H groups in total. The fraction of sp³-hybridized carbons (Fsp3) is 0.105. The molecular formula is C19H16BrFN2O2S. The van der Waals surface area contributed by atoms with E-state index in [-0.39, 0.29) is 11.7 Å². The number of amides is 1. The fourth-order valence-corrected chi connectivity index (χ4v) is 3.68. The number of anilines is 1. The zero-order valence-corrected chi connectivity index (χ0v) is 16.1. The second-order valence-electron chi connectivity index (χ2n) is 5.39. The highest BCUT2D eigenvalue weighted by atomic mass is 79.9. The Morgan fingerprint density at radius 2 is 2.15 bits per heavy atom. The van der Waals surface area contributed by atoms with Gasteiger partial charge in [0, 0.05) is 10.0 Å². The van der Waals surface area contributed by atoms with Crippen molar-refractivity contribution in [3.63, 3.8) is 0 Å². The molecule has 0 bridgehead atoms. The van der Waals surface area contributed by atoms with Crippen LogP contribution in [0.2, 0.25) is 0 Å². The van der Waals surface area contributed by atoms with Gasteiger partial charge in [-0.05, 0) is 36.4 Å². The van der Waals surface area contributed by atoms with Crippen LogP contribution in [0.3, 0.4) is 0 Å².